The predicted octanol–water partition coefficient (Wildman–Crippen LogP) is 4.75. The van der Waals surface area contributed by atoms with Gasteiger partial charge in [-0.25, -0.2) is 0 Å². The summed E-state index contributed by atoms with van der Waals surface area (Å²) in [5.74, 6) is 0.598. The van der Waals surface area contributed by atoms with E-state index in [0.29, 0.717) is 12.5 Å². The Hall–Kier alpha value is -0.640. The Labute approximate surface area is 141 Å². The van der Waals surface area contributed by atoms with Gasteiger partial charge in [-0.3, -0.25) is 0 Å². The van der Waals surface area contributed by atoms with Crippen LogP contribution in [-0.2, 0) is 9.47 Å². The number of allylic oxidation sites excluding steroid dienone is 3. The highest BCUT2D eigenvalue weighted by atomic mass is 16.7. The number of ether oxygens (including phenoxy) is 2. The van der Waals surface area contributed by atoms with Crippen LogP contribution in [0.5, 0.6) is 0 Å². The molecule has 132 valence electrons. The zero-order valence-corrected chi connectivity index (χ0v) is 14.9. The van der Waals surface area contributed by atoms with Gasteiger partial charge in [-0.1, -0.05) is 23.3 Å². The number of rotatable bonds is 10. The summed E-state index contributed by atoms with van der Waals surface area (Å²) < 4.78 is 11.3. The van der Waals surface area contributed by atoms with Gasteiger partial charge in [0.25, 0.3) is 0 Å². The SMILES string of the molecule is CC(=CCOC1CCCCO1)CCC=C(C)CCC(O)C1CC1. The van der Waals surface area contributed by atoms with Crippen LogP contribution in [0.2, 0.25) is 0 Å². The predicted molar refractivity (Wildman–Crippen MR) is 94.3 cm³/mol. The van der Waals surface area contributed by atoms with Crippen LogP contribution in [0.4, 0.5) is 0 Å². The largest absolute Gasteiger partial charge is 0.393 e. The van der Waals surface area contributed by atoms with E-state index in [-0.39, 0.29) is 12.4 Å². The van der Waals surface area contributed by atoms with E-state index >= 15 is 0 Å². The normalized spacial score (nSPS) is 24.7. The molecule has 2 unspecified atom stereocenters. The third-order valence-corrected chi connectivity index (χ3v) is 4.88. The van der Waals surface area contributed by atoms with Gasteiger partial charge in [0.15, 0.2) is 6.29 Å². The van der Waals surface area contributed by atoms with Crippen molar-refractivity contribution in [3.8, 4) is 0 Å². The Balaban J connectivity index is 1.54. The van der Waals surface area contributed by atoms with Gasteiger partial charge in [0.2, 0.25) is 0 Å². The first kappa shape index (κ1) is 18.7. The summed E-state index contributed by atoms with van der Waals surface area (Å²) in [5, 5.41) is 9.90. The van der Waals surface area contributed by atoms with Crippen molar-refractivity contribution in [3.05, 3.63) is 23.3 Å². The van der Waals surface area contributed by atoms with Crippen LogP contribution in [0.25, 0.3) is 0 Å². The topological polar surface area (TPSA) is 38.7 Å². The first-order valence-electron chi connectivity index (χ1n) is 9.37. The molecule has 0 bridgehead atoms. The van der Waals surface area contributed by atoms with Crippen molar-refractivity contribution in [1.29, 1.82) is 0 Å². The molecule has 1 saturated heterocycles. The quantitative estimate of drug-likeness (QED) is 0.590. The molecule has 1 saturated carbocycles. The molecule has 0 radical (unpaired) electrons. The fraction of sp³-hybridized carbons (Fsp3) is 0.800. The molecular formula is C20H34O3. The van der Waals surface area contributed by atoms with E-state index in [4.69, 9.17) is 9.47 Å². The van der Waals surface area contributed by atoms with Crippen molar-refractivity contribution in [2.75, 3.05) is 13.2 Å². The van der Waals surface area contributed by atoms with Gasteiger partial charge in [-0.2, -0.15) is 0 Å². The molecule has 0 aromatic heterocycles. The van der Waals surface area contributed by atoms with Crippen molar-refractivity contribution in [3.63, 3.8) is 0 Å². The minimum atomic E-state index is -0.0702. The second-order valence-corrected chi connectivity index (χ2v) is 7.21. The molecule has 1 heterocycles. The second-order valence-electron chi connectivity index (χ2n) is 7.21. The van der Waals surface area contributed by atoms with Crippen molar-refractivity contribution in [2.24, 2.45) is 5.92 Å². The van der Waals surface area contributed by atoms with E-state index in [0.717, 1.165) is 45.1 Å². The molecule has 23 heavy (non-hydrogen) atoms. The van der Waals surface area contributed by atoms with Crippen LogP contribution in [0.15, 0.2) is 23.3 Å². The number of aliphatic hydroxyl groups is 1. The molecular weight excluding hydrogens is 288 g/mol. The Bertz CT molecular complexity index is 390. The lowest BCUT2D eigenvalue weighted by Gasteiger charge is -2.22. The fourth-order valence-corrected chi connectivity index (χ4v) is 2.98. The molecule has 0 aromatic rings. The molecule has 0 aromatic carbocycles. The van der Waals surface area contributed by atoms with Crippen LogP contribution in [0.3, 0.4) is 0 Å². The third-order valence-electron chi connectivity index (χ3n) is 4.88. The lowest BCUT2D eigenvalue weighted by molar-refractivity contribution is -0.155. The molecule has 2 atom stereocenters. The highest BCUT2D eigenvalue weighted by molar-refractivity contribution is 5.04. The van der Waals surface area contributed by atoms with E-state index in [9.17, 15) is 5.11 Å². The Kier molecular flexibility index (Phi) is 8.35. The van der Waals surface area contributed by atoms with Crippen LogP contribution >= 0.6 is 0 Å². The lowest BCUT2D eigenvalue weighted by Crippen LogP contribution is -2.22. The maximum atomic E-state index is 9.90. The van der Waals surface area contributed by atoms with Crippen LogP contribution in [-0.4, -0.2) is 30.7 Å². The number of hydrogen-bond donors (Lipinski definition) is 1. The Morgan fingerprint density at radius 1 is 1.13 bits per heavy atom. The molecule has 0 spiro atoms. The van der Waals surface area contributed by atoms with Gasteiger partial charge >= 0.3 is 0 Å². The average Bonchev–Trinajstić information content (AvgIpc) is 3.38. The second kappa shape index (κ2) is 10.3. The van der Waals surface area contributed by atoms with E-state index in [1.54, 1.807) is 0 Å². The smallest absolute Gasteiger partial charge is 0.157 e. The summed E-state index contributed by atoms with van der Waals surface area (Å²) in [7, 11) is 0. The number of aliphatic hydroxyl groups excluding tert-OH is 1. The van der Waals surface area contributed by atoms with E-state index < -0.39 is 0 Å². The fourth-order valence-electron chi connectivity index (χ4n) is 2.98. The minimum Gasteiger partial charge on any atom is -0.393 e. The molecule has 1 aliphatic carbocycles. The van der Waals surface area contributed by atoms with E-state index in [1.807, 2.05) is 0 Å². The summed E-state index contributed by atoms with van der Waals surface area (Å²) >= 11 is 0. The van der Waals surface area contributed by atoms with Gasteiger partial charge in [0.1, 0.15) is 0 Å². The molecule has 0 amide bonds. The Morgan fingerprint density at radius 3 is 2.61 bits per heavy atom. The van der Waals surface area contributed by atoms with Crippen LogP contribution < -0.4 is 0 Å². The van der Waals surface area contributed by atoms with E-state index in [2.05, 4.69) is 26.0 Å². The van der Waals surface area contributed by atoms with Crippen molar-refractivity contribution < 1.29 is 14.6 Å². The monoisotopic (exact) mass is 322 g/mol. The third kappa shape index (κ3) is 8.14. The average molecular weight is 322 g/mol. The maximum Gasteiger partial charge on any atom is 0.157 e. The summed E-state index contributed by atoms with van der Waals surface area (Å²) in [6, 6.07) is 0. The van der Waals surface area contributed by atoms with Crippen molar-refractivity contribution >= 4 is 0 Å². The number of hydrogen-bond acceptors (Lipinski definition) is 3. The molecule has 1 aliphatic heterocycles. The van der Waals surface area contributed by atoms with Gasteiger partial charge in [0, 0.05) is 6.61 Å². The first-order valence-corrected chi connectivity index (χ1v) is 9.37. The summed E-state index contributed by atoms with van der Waals surface area (Å²) in [4.78, 5) is 0. The van der Waals surface area contributed by atoms with Gasteiger partial charge in [0.05, 0.1) is 12.7 Å². The summed E-state index contributed by atoms with van der Waals surface area (Å²) in [6.07, 6.45) is 14.4. The zero-order chi connectivity index (χ0) is 16.5. The van der Waals surface area contributed by atoms with Crippen LogP contribution in [0.1, 0.15) is 71.6 Å². The lowest BCUT2D eigenvalue weighted by atomic mass is 10.0. The summed E-state index contributed by atoms with van der Waals surface area (Å²) in [5.41, 5.74) is 2.78. The first-order chi connectivity index (χ1) is 11.1. The highest BCUT2D eigenvalue weighted by Crippen LogP contribution is 2.34. The minimum absolute atomic E-state index is 0.00725. The van der Waals surface area contributed by atoms with Gasteiger partial charge in [-0.05, 0) is 77.6 Å². The molecule has 2 fully saturated rings. The zero-order valence-electron chi connectivity index (χ0n) is 14.9. The van der Waals surface area contributed by atoms with Crippen molar-refractivity contribution in [2.45, 2.75) is 84.0 Å². The molecule has 1 N–H and O–H groups in total. The molecule has 2 aliphatic rings. The molecule has 3 nitrogen and oxygen atoms in total. The summed E-state index contributed by atoms with van der Waals surface area (Å²) in [6.45, 7) is 5.85. The van der Waals surface area contributed by atoms with E-state index in [1.165, 1.54) is 30.4 Å². The Morgan fingerprint density at radius 2 is 1.91 bits per heavy atom. The standard InChI is InChI=1S/C20H34O3/c1-16(9-12-19(21)18-10-11-18)6-5-7-17(2)13-15-23-20-8-3-4-14-22-20/h6,13,18-21H,3-5,7-12,14-15H2,1-2H3. The van der Waals surface area contributed by atoms with Gasteiger partial charge in [-0.15, -0.1) is 0 Å². The van der Waals surface area contributed by atoms with Gasteiger partial charge < -0.3 is 14.6 Å². The molecule has 2 rings (SSSR count). The van der Waals surface area contributed by atoms with Crippen molar-refractivity contribution in [1.82, 2.24) is 0 Å². The molecule has 3 heteroatoms. The highest BCUT2D eigenvalue weighted by Gasteiger charge is 2.28. The maximum absolute atomic E-state index is 9.90. The van der Waals surface area contributed by atoms with Crippen LogP contribution in [0, 0.1) is 5.92 Å².